The van der Waals surface area contributed by atoms with Crippen LogP contribution in [0.3, 0.4) is 0 Å². The second-order valence-corrected chi connectivity index (χ2v) is 6.36. The molecule has 0 aromatic heterocycles. The van der Waals surface area contributed by atoms with Gasteiger partial charge in [-0.05, 0) is 47.3 Å². The van der Waals surface area contributed by atoms with Crippen LogP contribution in [0.5, 0.6) is 0 Å². The highest BCUT2D eigenvalue weighted by molar-refractivity contribution is 5.85. The number of nitrogens with two attached hydrogens (primary N) is 1. The molecule has 0 spiro atoms. The van der Waals surface area contributed by atoms with Crippen LogP contribution in [0.15, 0.2) is 5.16 Å². The van der Waals surface area contributed by atoms with Gasteiger partial charge < -0.3 is 21.2 Å². The number of hydrogen-bond acceptors (Lipinski definition) is 4. The highest BCUT2D eigenvalue weighted by atomic mass is 16.4. The van der Waals surface area contributed by atoms with Crippen LogP contribution < -0.4 is 11.1 Å². The number of amidine groups is 1. The van der Waals surface area contributed by atoms with Crippen molar-refractivity contribution in [2.75, 3.05) is 27.2 Å². The standard InChI is InChI=1S/C13H30N4O/c1-12(2,11(14)16-18)8-7-9-15-10-13(3,4)17(5)6/h15,18H,7-10H2,1-6H3,(H2,14,16). The lowest BCUT2D eigenvalue weighted by molar-refractivity contribution is 0.189. The Morgan fingerprint density at radius 3 is 2.28 bits per heavy atom. The lowest BCUT2D eigenvalue weighted by Crippen LogP contribution is -2.47. The topological polar surface area (TPSA) is 73.9 Å². The van der Waals surface area contributed by atoms with E-state index in [1.807, 2.05) is 13.8 Å². The van der Waals surface area contributed by atoms with Crippen LogP contribution in [0.4, 0.5) is 0 Å². The molecule has 0 aliphatic rings. The van der Waals surface area contributed by atoms with Crippen molar-refractivity contribution < 1.29 is 5.21 Å². The number of rotatable bonds is 8. The number of hydrogen-bond donors (Lipinski definition) is 3. The van der Waals surface area contributed by atoms with Gasteiger partial charge in [0.1, 0.15) is 5.84 Å². The molecule has 0 aliphatic carbocycles. The van der Waals surface area contributed by atoms with Crippen molar-refractivity contribution in [1.82, 2.24) is 10.2 Å². The van der Waals surface area contributed by atoms with Crippen LogP contribution >= 0.6 is 0 Å². The molecule has 18 heavy (non-hydrogen) atoms. The highest BCUT2D eigenvalue weighted by Gasteiger charge is 2.23. The summed E-state index contributed by atoms with van der Waals surface area (Å²) in [6.45, 7) is 10.3. The zero-order valence-corrected chi connectivity index (χ0v) is 12.7. The molecule has 0 radical (unpaired) electrons. The van der Waals surface area contributed by atoms with E-state index in [9.17, 15) is 0 Å². The maximum absolute atomic E-state index is 8.68. The average molecular weight is 258 g/mol. The molecule has 0 aliphatic heterocycles. The second-order valence-electron chi connectivity index (χ2n) is 6.36. The zero-order chi connectivity index (χ0) is 14.4. The Bertz CT molecular complexity index is 272. The molecule has 5 heteroatoms. The van der Waals surface area contributed by atoms with Gasteiger partial charge >= 0.3 is 0 Å². The normalized spacial score (nSPS) is 14.3. The molecule has 0 rings (SSSR count). The molecule has 108 valence electrons. The minimum absolute atomic E-state index is 0.154. The van der Waals surface area contributed by atoms with Gasteiger partial charge in [0.25, 0.3) is 0 Å². The van der Waals surface area contributed by atoms with Gasteiger partial charge in [0, 0.05) is 17.5 Å². The van der Waals surface area contributed by atoms with Gasteiger partial charge in [-0.3, -0.25) is 0 Å². The van der Waals surface area contributed by atoms with Crippen molar-refractivity contribution in [3.05, 3.63) is 0 Å². The first-order chi connectivity index (χ1) is 8.13. The van der Waals surface area contributed by atoms with E-state index in [4.69, 9.17) is 10.9 Å². The number of likely N-dealkylation sites (N-methyl/N-ethyl adjacent to an activating group) is 1. The molecule has 0 aromatic carbocycles. The Labute approximate surface area is 111 Å². The molecular weight excluding hydrogens is 228 g/mol. The van der Waals surface area contributed by atoms with Gasteiger partial charge in [0.05, 0.1) is 0 Å². The number of nitrogens with zero attached hydrogens (tertiary/aromatic N) is 2. The van der Waals surface area contributed by atoms with E-state index >= 15 is 0 Å². The molecule has 0 fully saturated rings. The molecule has 0 unspecified atom stereocenters. The van der Waals surface area contributed by atoms with Crippen LogP contribution in [0, 0.1) is 5.41 Å². The number of nitrogens with one attached hydrogen (secondary N) is 1. The maximum Gasteiger partial charge on any atom is 0.144 e. The molecule has 0 saturated carbocycles. The third kappa shape index (κ3) is 5.69. The molecule has 0 aromatic rings. The summed E-state index contributed by atoms with van der Waals surface area (Å²) >= 11 is 0. The summed E-state index contributed by atoms with van der Waals surface area (Å²) in [5, 5.41) is 15.2. The van der Waals surface area contributed by atoms with Crippen LogP contribution in [0.1, 0.15) is 40.5 Å². The second kappa shape index (κ2) is 6.95. The first kappa shape index (κ1) is 17.2. The van der Waals surface area contributed by atoms with E-state index < -0.39 is 0 Å². The highest BCUT2D eigenvalue weighted by Crippen LogP contribution is 2.21. The summed E-state index contributed by atoms with van der Waals surface area (Å²) in [4.78, 5) is 2.21. The van der Waals surface area contributed by atoms with Gasteiger partial charge in [-0.15, -0.1) is 0 Å². The predicted octanol–water partition coefficient (Wildman–Crippen LogP) is 1.47. The average Bonchev–Trinajstić information content (AvgIpc) is 2.26. The van der Waals surface area contributed by atoms with E-state index in [1.54, 1.807) is 0 Å². The summed E-state index contributed by atoms with van der Waals surface area (Å²) in [7, 11) is 4.17. The third-order valence-corrected chi connectivity index (χ3v) is 3.72. The predicted molar refractivity (Wildman–Crippen MR) is 77.1 cm³/mol. The van der Waals surface area contributed by atoms with E-state index in [2.05, 4.69) is 43.3 Å². The number of oxime groups is 1. The van der Waals surface area contributed by atoms with Gasteiger partial charge in [0.15, 0.2) is 0 Å². The Hall–Kier alpha value is -0.810. The molecule has 0 amide bonds. The quantitative estimate of drug-likeness (QED) is 0.203. The molecule has 5 nitrogen and oxygen atoms in total. The van der Waals surface area contributed by atoms with Crippen molar-refractivity contribution in [3.63, 3.8) is 0 Å². The SMILES string of the molecule is CN(C)C(C)(C)CNCCCC(C)(C)C(N)=NO. The van der Waals surface area contributed by atoms with E-state index in [-0.39, 0.29) is 11.0 Å². The minimum Gasteiger partial charge on any atom is -0.409 e. The Morgan fingerprint density at radius 1 is 1.28 bits per heavy atom. The first-order valence-corrected chi connectivity index (χ1v) is 6.49. The van der Waals surface area contributed by atoms with E-state index in [1.165, 1.54) is 0 Å². The summed E-state index contributed by atoms with van der Waals surface area (Å²) in [5.41, 5.74) is 5.56. The van der Waals surface area contributed by atoms with Crippen molar-refractivity contribution in [2.45, 2.75) is 46.1 Å². The van der Waals surface area contributed by atoms with E-state index in [0.717, 1.165) is 25.9 Å². The largest absolute Gasteiger partial charge is 0.409 e. The van der Waals surface area contributed by atoms with Gasteiger partial charge in [-0.2, -0.15) is 0 Å². The summed E-state index contributed by atoms with van der Waals surface area (Å²) in [5.74, 6) is 0.302. The Balaban J connectivity index is 3.89. The smallest absolute Gasteiger partial charge is 0.144 e. The summed E-state index contributed by atoms with van der Waals surface area (Å²) in [6, 6.07) is 0. The molecule has 4 N–H and O–H groups in total. The molecule has 0 heterocycles. The first-order valence-electron chi connectivity index (χ1n) is 6.49. The van der Waals surface area contributed by atoms with Gasteiger partial charge in [-0.1, -0.05) is 19.0 Å². The lowest BCUT2D eigenvalue weighted by Gasteiger charge is -2.33. The minimum atomic E-state index is -0.243. The van der Waals surface area contributed by atoms with Gasteiger partial charge in [0.2, 0.25) is 0 Å². The van der Waals surface area contributed by atoms with Crippen molar-refractivity contribution >= 4 is 5.84 Å². The van der Waals surface area contributed by atoms with Crippen molar-refractivity contribution in [2.24, 2.45) is 16.3 Å². The van der Waals surface area contributed by atoms with Crippen LogP contribution in [0.2, 0.25) is 0 Å². The zero-order valence-electron chi connectivity index (χ0n) is 12.7. The Kier molecular flexibility index (Phi) is 6.63. The maximum atomic E-state index is 8.68. The molecular formula is C13H30N4O. The molecule has 0 saturated heterocycles. The van der Waals surface area contributed by atoms with Crippen LogP contribution in [-0.4, -0.2) is 48.7 Å². The summed E-state index contributed by atoms with van der Waals surface area (Å²) in [6.07, 6.45) is 1.91. The Morgan fingerprint density at radius 2 is 1.83 bits per heavy atom. The monoisotopic (exact) mass is 258 g/mol. The van der Waals surface area contributed by atoms with Gasteiger partial charge in [-0.25, -0.2) is 0 Å². The van der Waals surface area contributed by atoms with E-state index in [0.29, 0.717) is 5.84 Å². The fraction of sp³-hybridized carbons (Fsp3) is 0.923. The fourth-order valence-electron chi connectivity index (χ4n) is 1.47. The lowest BCUT2D eigenvalue weighted by atomic mass is 9.86. The van der Waals surface area contributed by atoms with Crippen LogP contribution in [0.25, 0.3) is 0 Å². The van der Waals surface area contributed by atoms with Crippen molar-refractivity contribution in [1.29, 1.82) is 0 Å². The van der Waals surface area contributed by atoms with Crippen LogP contribution in [-0.2, 0) is 0 Å². The molecule has 0 bridgehead atoms. The third-order valence-electron chi connectivity index (χ3n) is 3.72. The fourth-order valence-corrected chi connectivity index (χ4v) is 1.47. The molecule has 0 atom stereocenters. The van der Waals surface area contributed by atoms with Crippen molar-refractivity contribution in [3.8, 4) is 0 Å². The summed E-state index contributed by atoms with van der Waals surface area (Å²) < 4.78 is 0.